The number of nitrogens with one attached hydrogen (secondary N) is 1. The molecule has 1 aromatic rings. The van der Waals surface area contributed by atoms with E-state index in [0.29, 0.717) is 13.2 Å². The number of thiazole rings is 1. The van der Waals surface area contributed by atoms with E-state index in [1.807, 2.05) is 20.8 Å². The van der Waals surface area contributed by atoms with Crippen molar-refractivity contribution in [3.05, 3.63) is 16.1 Å². The molecule has 0 saturated heterocycles. The van der Waals surface area contributed by atoms with Crippen LogP contribution in [0, 0.1) is 5.92 Å². The van der Waals surface area contributed by atoms with Crippen molar-refractivity contribution >= 4 is 17.3 Å². The molecule has 2 atom stereocenters. The van der Waals surface area contributed by atoms with Gasteiger partial charge in [0.05, 0.1) is 23.2 Å². The van der Waals surface area contributed by atoms with Crippen LogP contribution in [0.1, 0.15) is 38.4 Å². The Balaban J connectivity index is 2.40. The molecule has 102 valence electrons. The van der Waals surface area contributed by atoms with Gasteiger partial charge in [-0.2, -0.15) is 0 Å². The van der Waals surface area contributed by atoms with E-state index in [-0.39, 0.29) is 17.9 Å². The standard InChI is InChI=1S/C13H22N2O2S/c1-5-12-15-11(8-18-12)7-14-10(4)9(3)13(16)17-6-2/h8-10,14H,5-7H2,1-4H3/t9-,10+/m1/s1. The molecule has 18 heavy (non-hydrogen) atoms. The lowest BCUT2D eigenvalue weighted by Crippen LogP contribution is -2.36. The Kier molecular flexibility index (Phi) is 6.29. The third-order valence-electron chi connectivity index (χ3n) is 2.92. The Hall–Kier alpha value is -0.940. The van der Waals surface area contributed by atoms with Crippen LogP contribution in [-0.4, -0.2) is 23.6 Å². The molecule has 5 heteroatoms. The quantitative estimate of drug-likeness (QED) is 0.773. The summed E-state index contributed by atoms with van der Waals surface area (Å²) in [5, 5.41) is 6.53. The third kappa shape index (κ3) is 4.38. The first-order valence-corrected chi connectivity index (χ1v) is 7.29. The van der Waals surface area contributed by atoms with Gasteiger partial charge in [0.1, 0.15) is 0 Å². The van der Waals surface area contributed by atoms with Gasteiger partial charge in [-0.3, -0.25) is 4.79 Å². The molecule has 1 N–H and O–H groups in total. The van der Waals surface area contributed by atoms with Crippen molar-refractivity contribution in [2.24, 2.45) is 5.92 Å². The summed E-state index contributed by atoms with van der Waals surface area (Å²) < 4.78 is 5.01. The second kappa shape index (κ2) is 7.48. The molecule has 4 nitrogen and oxygen atoms in total. The van der Waals surface area contributed by atoms with Crippen LogP contribution in [-0.2, 0) is 22.5 Å². The number of carbonyl (C=O) groups is 1. The van der Waals surface area contributed by atoms with Crippen LogP contribution >= 0.6 is 11.3 Å². The monoisotopic (exact) mass is 270 g/mol. The lowest BCUT2D eigenvalue weighted by Gasteiger charge is -2.19. The van der Waals surface area contributed by atoms with Crippen molar-refractivity contribution < 1.29 is 9.53 Å². The van der Waals surface area contributed by atoms with E-state index < -0.39 is 0 Å². The molecule has 0 bridgehead atoms. The fraction of sp³-hybridized carbons (Fsp3) is 0.692. The van der Waals surface area contributed by atoms with Crippen molar-refractivity contribution in [2.75, 3.05) is 6.61 Å². The van der Waals surface area contributed by atoms with Gasteiger partial charge in [0, 0.05) is 18.0 Å². The van der Waals surface area contributed by atoms with Crippen molar-refractivity contribution in [3.63, 3.8) is 0 Å². The Bertz CT molecular complexity index is 379. The van der Waals surface area contributed by atoms with Crippen molar-refractivity contribution in [1.29, 1.82) is 0 Å². The van der Waals surface area contributed by atoms with Crippen LogP contribution in [0.15, 0.2) is 5.38 Å². The highest BCUT2D eigenvalue weighted by molar-refractivity contribution is 7.09. The van der Waals surface area contributed by atoms with Gasteiger partial charge in [-0.15, -0.1) is 11.3 Å². The maximum Gasteiger partial charge on any atom is 0.310 e. The van der Waals surface area contributed by atoms with Gasteiger partial charge in [-0.1, -0.05) is 13.8 Å². The maximum atomic E-state index is 11.6. The molecule has 0 unspecified atom stereocenters. The molecule has 0 aromatic carbocycles. The minimum absolute atomic E-state index is 0.0795. The minimum Gasteiger partial charge on any atom is -0.466 e. The lowest BCUT2D eigenvalue weighted by molar-refractivity contribution is -0.148. The SMILES string of the molecule is CCOC(=O)[C@H](C)[C@H](C)NCc1csc(CC)n1. The first-order valence-electron chi connectivity index (χ1n) is 6.41. The smallest absolute Gasteiger partial charge is 0.310 e. The summed E-state index contributed by atoms with van der Waals surface area (Å²) in [5.41, 5.74) is 1.04. The summed E-state index contributed by atoms with van der Waals surface area (Å²) in [7, 11) is 0. The Labute approximate surface area is 113 Å². The van der Waals surface area contributed by atoms with Crippen LogP contribution in [0.25, 0.3) is 0 Å². The van der Waals surface area contributed by atoms with E-state index in [1.165, 1.54) is 0 Å². The highest BCUT2D eigenvalue weighted by atomic mass is 32.1. The lowest BCUT2D eigenvalue weighted by atomic mass is 10.0. The molecule has 0 radical (unpaired) electrons. The summed E-state index contributed by atoms with van der Waals surface area (Å²) in [6.07, 6.45) is 0.972. The topological polar surface area (TPSA) is 51.2 Å². The van der Waals surface area contributed by atoms with Crippen LogP contribution in [0.4, 0.5) is 0 Å². The summed E-state index contributed by atoms with van der Waals surface area (Å²) in [6, 6.07) is 0.0795. The van der Waals surface area contributed by atoms with Crippen molar-refractivity contribution in [1.82, 2.24) is 10.3 Å². The molecule has 0 saturated carbocycles. The van der Waals surface area contributed by atoms with E-state index >= 15 is 0 Å². The predicted molar refractivity (Wildman–Crippen MR) is 73.6 cm³/mol. The summed E-state index contributed by atoms with van der Waals surface area (Å²) in [5.74, 6) is -0.292. The number of aromatic nitrogens is 1. The highest BCUT2D eigenvalue weighted by Gasteiger charge is 2.20. The number of carbonyl (C=O) groups excluding carboxylic acids is 1. The van der Waals surface area contributed by atoms with Gasteiger partial charge < -0.3 is 10.1 Å². The van der Waals surface area contributed by atoms with E-state index in [4.69, 9.17) is 4.74 Å². The van der Waals surface area contributed by atoms with Crippen LogP contribution in [0.3, 0.4) is 0 Å². The van der Waals surface area contributed by atoms with Gasteiger partial charge >= 0.3 is 5.97 Å². The molecule has 0 fully saturated rings. The number of hydrogen-bond acceptors (Lipinski definition) is 5. The normalized spacial score (nSPS) is 14.2. The molecule has 0 aliphatic rings. The van der Waals surface area contributed by atoms with Crippen LogP contribution < -0.4 is 5.32 Å². The first-order chi connectivity index (χ1) is 8.58. The zero-order valence-electron chi connectivity index (χ0n) is 11.5. The molecular weight excluding hydrogens is 248 g/mol. The van der Waals surface area contributed by atoms with Gasteiger partial charge in [0.2, 0.25) is 0 Å². The second-order valence-electron chi connectivity index (χ2n) is 4.30. The molecule has 1 rings (SSSR count). The van der Waals surface area contributed by atoms with Gasteiger partial charge in [-0.05, 0) is 20.3 Å². The summed E-state index contributed by atoms with van der Waals surface area (Å²) >= 11 is 1.68. The zero-order valence-corrected chi connectivity index (χ0v) is 12.3. The highest BCUT2D eigenvalue weighted by Crippen LogP contribution is 2.11. The Morgan fingerprint density at radius 2 is 2.22 bits per heavy atom. The largest absolute Gasteiger partial charge is 0.466 e. The number of hydrogen-bond donors (Lipinski definition) is 1. The predicted octanol–water partition coefficient (Wildman–Crippen LogP) is 2.38. The molecule has 0 aliphatic heterocycles. The number of rotatable bonds is 7. The summed E-state index contributed by atoms with van der Waals surface area (Å²) in [6.45, 7) is 8.93. The molecule has 1 heterocycles. The molecule has 1 aromatic heterocycles. The van der Waals surface area contributed by atoms with E-state index in [1.54, 1.807) is 11.3 Å². The minimum atomic E-state index is -0.148. The number of aryl methyl sites for hydroxylation is 1. The number of ether oxygens (including phenoxy) is 1. The Morgan fingerprint density at radius 3 is 2.78 bits per heavy atom. The van der Waals surface area contributed by atoms with Gasteiger partial charge in [-0.25, -0.2) is 4.98 Å². The fourth-order valence-electron chi connectivity index (χ4n) is 1.51. The zero-order chi connectivity index (χ0) is 13.5. The maximum absolute atomic E-state index is 11.6. The molecule has 0 spiro atoms. The van der Waals surface area contributed by atoms with Crippen molar-refractivity contribution in [3.8, 4) is 0 Å². The number of nitrogens with zero attached hydrogens (tertiary/aromatic N) is 1. The van der Waals surface area contributed by atoms with Crippen LogP contribution in [0.2, 0.25) is 0 Å². The van der Waals surface area contributed by atoms with E-state index in [9.17, 15) is 4.79 Å². The van der Waals surface area contributed by atoms with E-state index in [2.05, 4.69) is 22.6 Å². The Morgan fingerprint density at radius 1 is 1.50 bits per heavy atom. The fourth-order valence-corrected chi connectivity index (χ4v) is 2.26. The average molecular weight is 270 g/mol. The molecule has 0 amide bonds. The van der Waals surface area contributed by atoms with Crippen molar-refractivity contribution in [2.45, 2.75) is 46.7 Å². The van der Waals surface area contributed by atoms with E-state index in [0.717, 1.165) is 17.1 Å². The third-order valence-corrected chi connectivity index (χ3v) is 3.96. The van der Waals surface area contributed by atoms with Crippen LogP contribution in [0.5, 0.6) is 0 Å². The number of esters is 1. The summed E-state index contributed by atoms with van der Waals surface area (Å²) in [4.78, 5) is 16.1. The molecular formula is C13H22N2O2S. The second-order valence-corrected chi connectivity index (χ2v) is 5.24. The van der Waals surface area contributed by atoms with Gasteiger partial charge in [0.15, 0.2) is 0 Å². The molecule has 0 aliphatic carbocycles. The van der Waals surface area contributed by atoms with Gasteiger partial charge in [0.25, 0.3) is 0 Å². The average Bonchev–Trinajstić information content (AvgIpc) is 2.83. The first kappa shape index (κ1) is 15.1.